The predicted molar refractivity (Wildman–Crippen MR) is 114 cm³/mol. The zero-order chi connectivity index (χ0) is 21.8. The highest BCUT2D eigenvalue weighted by Crippen LogP contribution is 2.19. The van der Waals surface area contributed by atoms with Crippen LogP contribution in [0.15, 0.2) is 29.3 Å². The maximum absolute atomic E-state index is 12.1. The Morgan fingerprint density at radius 1 is 1.10 bits per heavy atom. The predicted octanol–water partition coefficient (Wildman–Crippen LogP) is 3.94. The van der Waals surface area contributed by atoms with Crippen molar-refractivity contribution in [2.45, 2.75) is 52.4 Å². The van der Waals surface area contributed by atoms with Gasteiger partial charge in [-0.1, -0.05) is 31.2 Å². The second-order valence-corrected chi connectivity index (χ2v) is 7.71. The fraction of sp³-hybridized carbons (Fsp3) is 0.682. The molecule has 2 N–H and O–H groups in total. The number of halogens is 3. The number of benzene rings is 1. The Hall–Kier alpha value is -1.80. The van der Waals surface area contributed by atoms with Gasteiger partial charge in [0.15, 0.2) is 5.96 Å². The van der Waals surface area contributed by atoms with Crippen LogP contribution in [0.4, 0.5) is 13.2 Å². The second-order valence-electron chi connectivity index (χ2n) is 7.71. The molecule has 30 heavy (non-hydrogen) atoms. The molecule has 0 saturated carbocycles. The van der Waals surface area contributed by atoms with Gasteiger partial charge in [-0.2, -0.15) is 13.2 Å². The number of guanidine groups is 1. The molecular weight excluding hydrogens is 393 g/mol. The van der Waals surface area contributed by atoms with Crippen molar-refractivity contribution in [3.8, 4) is 0 Å². The molecule has 1 fully saturated rings. The number of likely N-dealkylation sites (tertiary alicyclic amines) is 1. The number of ether oxygens (including phenoxy) is 1. The van der Waals surface area contributed by atoms with Crippen molar-refractivity contribution in [1.82, 2.24) is 15.5 Å². The summed E-state index contributed by atoms with van der Waals surface area (Å²) in [6, 6.07) is 7.32. The molecule has 8 heteroatoms. The molecule has 0 unspecified atom stereocenters. The van der Waals surface area contributed by atoms with E-state index in [1.807, 2.05) is 19.1 Å². The van der Waals surface area contributed by atoms with Crippen molar-refractivity contribution in [2.75, 3.05) is 39.3 Å². The number of hydrogen-bond donors (Lipinski definition) is 2. The highest BCUT2D eigenvalue weighted by molar-refractivity contribution is 5.79. The lowest BCUT2D eigenvalue weighted by Crippen LogP contribution is -2.39. The van der Waals surface area contributed by atoms with Crippen LogP contribution in [0.1, 0.15) is 44.2 Å². The third kappa shape index (κ3) is 9.80. The molecule has 1 aliphatic rings. The first-order valence-electron chi connectivity index (χ1n) is 10.9. The van der Waals surface area contributed by atoms with E-state index in [2.05, 4.69) is 32.2 Å². The van der Waals surface area contributed by atoms with E-state index in [4.69, 9.17) is 0 Å². The quantitative estimate of drug-likeness (QED) is 0.438. The standard InChI is InChI=1S/C22H35F3N4O/c1-3-26-21(27-12-9-18-10-13-29(4-2)14-11-18)28-15-19-5-7-20(8-6-19)16-30-17-22(23,24)25/h5-8,18H,3-4,9-17H2,1-2H3,(H2,26,27,28). The monoisotopic (exact) mass is 428 g/mol. The van der Waals surface area contributed by atoms with E-state index in [0.717, 1.165) is 43.5 Å². The molecule has 2 rings (SSSR count). The van der Waals surface area contributed by atoms with Gasteiger partial charge in [-0.25, -0.2) is 4.99 Å². The zero-order valence-corrected chi connectivity index (χ0v) is 18.1. The normalized spacial score (nSPS) is 16.6. The molecule has 0 atom stereocenters. The van der Waals surface area contributed by atoms with E-state index >= 15 is 0 Å². The van der Waals surface area contributed by atoms with Crippen molar-refractivity contribution >= 4 is 5.96 Å². The number of hydrogen-bond acceptors (Lipinski definition) is 3. The molecule has 1 aromatic rings. The Kier molecular flexibility index (Phi) is 10.4. The maximum atomic E-state index is 12.1. The van der Waals surface area contributed by atoms with Crippen molar-refractivity contribution in [3.05, 3.63) is 35.4 Å². The number of alkyl halides is 3. The number of nitrogens with zero attached hydrogens (tertiary/aromatic N) is 2. The van der Waals surface area contributed by atoms with Gasteiger partial charge in [-0.05, 0) is 62.9 Å². The van der Waals surface area contributed by atoms with Gasteiger partial charge < -0.3 is 20.3 Å². The Morgan fingerprint density at radius 3 is 2.37 bits per heavy atom. The van der Waals surface area contributed by atoms with Gasteiger partial charge in [-0.3, -0.25) is 0 Å². The fourth-order valence-electron chi connectivity index (χ4n) is 3.52. The van der Waals surface area contributed by atoms with Crippen LogP contribution in [-0.2, 0) is 17.9 Å². The Morgan fingerprint density at radius 2 is 1.77 bits per heavy atom. The first kappa shape index (κ1) is 24.5. The molecule has 1 saturated heterocycles. The van der Waals surface area contributed by atoms with E-state index in [1.165, 1.54) is 25.9 Å². The topological polar surface area (TPSA) is 48.9 Å². The lowest BCUT2D eigenvalue weighted by molar-refractivity contribution is -0.176. The van der Waals surface area contributed by atoms with Gasteiger partial charge in [0.1, 0.15) is 6.61 Å². The zero-order valence-electron chi connectivity index (χ0n) is 18.1. The largest absolute Gasteiger partial charge is 0.411 e. The molecule has 0 bridgehead atoms. The number of aliphatic imine (C=N–C) groups is 1. The fourth-order valence-corrected chi connectivity index (χ4v) is 3.52. The lowest BCUT2D eigenvalue weighted by Gasteiger charge is -2.31. The Bertz CT molecular complexity index is 626. The highest BCUT2D eigenvalue weighted by atomic mass is 19.4. The highest BCUT2D eigenvalue weighted by Gasteiger charge is 2.27. The maximum Gasteiger partial charge on any atom is 0.411 e. The first-order valence-corrected chi connectivity index (χ1v) is 10.9. The van der Waals surface area contributed by atoms with Gasteiger partial charge in [0.2, 0.25) is 0 Å². The van der Waals surface area contributed by atoms with Crippen molar-refractivity contribution in [1.29, 1.82) is 0 Å². The van der Waals surface area contributed by atoms with E-state index in [1.54, 1.807) is 12.1 Å². The summed E-state index contributed by atoms with van der Waals surface area (Å²) >= 11 is 0. The van der Waals surface area contributed by atoms with Gasteiger partial charge in [0.25, 0.3) is 0 Å². The SMILES string of the molecule is CCNC(=NCc1ccc(COCC(F)(F)F)cc1)NCCC1CCN(CC)CC1. The van der Waals surface area contributed by atoms with Gasteiger partial charge in [0.05, 0.1) is 13.2 Å². The number of rotatable bonds is 10. The van der Waals surface area contributed by atoms with Gasteiger partial charge in [-0.15, -0.1) is 0 Å². The summed E-state index contributed by atoms with van der Waals surface area (Å²) in [5.41, 5.74) is 1.71. The molecule has 1 aromatic carbocycles. The van der Waals surface area contributed by atoms with Crippen LogP contribution < -0.4 is 10.6 Å². The van der Waals surface area contributed by atoms with Gasteiger partial charge in [0, 0.05) is 13.1 Å². The van der Waals surface area contributed by atoms with E-state index in [9.17, 15) is 13.2 Å². The van der Waals surface area contributed by atoms with Crippen LogP contribution in [-0.4, -0.2) is 56.4 Å². The van der Waals surface area contributed by atoms with Gasteiger partial charge >= 0.3 is 6.18 Å². The summed E-state index contributed by atoms with van der Waals surface area (Å²) in [6.07, 6.45) is -0.615. The summed E-state index contributed by atoms with van der Waals surface area (Å²) < 4.78 is 41.1. The van der Waals surface area contributed by atoms with Crippen LogP contribution in [0, 0.1) is 5.92 Å². The Balaban J connectivity index is 1.74. The van der Waals surface area contributed by atoms with Crippen LogP contribution in [0.5, 0.6) is 0 Å². The molecule has 0 aliphatic carbocycles. The molecule has 1 aliphatic heterocycles. The van der Waals surface area contributed by atoms with Crippen LogP contribution >= 0.6 is 0 Å². The molecule has 0 spiro atoms. The summed E-state index contributed by atoms with van der Waals surface area (Å²) in [4.78, 5) is 7.13. The minimum atomic E-state index is -4.29. The third-order valence-corrected chi connectivity index (χ3v) is 5.32. The lowest BCUT2D eigenvalue weighted by atomic mass is 9.93. The minimum absolute atomic E-state index is 0.0512. The molecule has 0 amide bonds. The average Bonchev–Trinajstić information content (AvgIpc) is 2.72. The first-order chi connectivity index (χ1) is 14.4. The van der Waals surface area contributed by atoms with E-state index in [-0.39, 0.29) is 6.61 Å². The molecule has 0 aromatic heterocycles. The molecule has 170 valence electrons. The summed E-state index contributed by atoms with van der Waals surface area (Å²) in [6.45, 7) is 8.72. The molecule has 5 nitrogen and oxygen atoms in total. The summed E-state index contributed by atoms with van der Waals surface area (Å²) in [5.74, 6) is 1.57. The average molecular weight is 429 g/mol. The van der Waals surface area contributed by atoms with Crippen molar-refractivity contribution in [2.24, 2.45) is 10.9 Å². The number of nitrogens with one attached hydrogen (secondary N) is 2. The summed E-state index contributed by atoms with van der Waals surface area (Å²) in [7, 11) is 0. The van der Waals surface area contributed by atoms with Crippen molar-refractivity contribution in [3.63, 3.8) is 0 Å². The third-order valence-electron chi connectivity index (χ3n) is 5.32. The van der Waals surface area contributed by atoms with Crippen LogP contribution in [0.3, 0.4) is 0 Å². The molecular formula is C22H35F3N4O. The number of piperidine rings is 1. The van der Waals surface area contributed by atoms with E-state index in [0.29, 0.717) is 12.1 Å². The van der Waals surface area contributed by atoms with Crippen LogP contribution in [0.2, 0.25) is 0 Å². The van der Waals surface area contributed by atoms with Crippen LogP contribution in [0.25, 0.3) is 0 Å². The second kappa shape index (κ2) is 12.8. The van der Waals surface area contributed by atoms with E-state index < -0.39 is 12.8 Å². The van der Waals surface area contributed by atoms with Crippen molar-refractivity contribution < 1.29 is 17.9 Å². The summed E-state index contributed by atoms with van der Waals surface area (Å²) in [5, 5.41) is 6.68. The minimum Gasteiger partial charge on any atom is -0.367 e. The molecule has 1 heterocycles. The Labute approximate surface area is 178 Å². The molecule has 0 radical (unpaired) electrons. The smallest absolute Gasteiger partial charge is 0.367 e.